The fourth-order valence-corrected chi connectivity index (χ4v) is 6.21. The highest BCUT2D eigenvalue weighted by atomic mass is 35.5. The summed E-state index contributed by atoms with van der Waals surface area (Å²) in [5, 5.41) is 8.59. The number of nitrogens with one attached hydrogen (secondary N) is 1. The first-order valence-electron chi connectivity index (χ1n) is 11.7. The number of aromatic nitrogens is 3. The van der Waals surface area contributed by atoms with Crippen molar-refractivity contribution < 1.29 is 9.13 Å². The molecule has 1 aromatic carbocycles. The fourth-order valence-electron chi connectivity index (χ4n) is 5.53. The number of nitrogens with zero attached hydrogens (tertiary/aromatic N) is 3. The van der Waals surface area contributed by atoms with Crippen molar-refractivity contribution >= 4 is 29.0 Å². The molecule has 1 saturated heterocycles. The van der Waals surface area contributed by atoms with Crippen molar-refractivity contribution in [3.05, 3.63) is 58.2 Å². The first kappa shape index (κ1) is 23.4. The molecule has 1 saturated carbocycles. The van der Waals surface area contributed by atoms with E-state index < -0.39 is 11.9 Å². The Morgan fingerprint density at radius 3 is 2.82 bits per heavy atom. The maximum Gasteiger partial charge on any atom is 0.166 e. The largest absolute Gasteiger partial charge is 0.482 e. The van der Waals surface area contributed by atoms with E-state index in [1.54, 1.807) is 13.1 Å². The van der Waals surface area contributed by atoms with E-state index in [1.165, 1.54) is 37.8 Å². The molecule has 0 radical (unpaired) electrons. The minimum Gasteiger partial charge on any atom is -0.482 e. The molecule has 2 aromatic heterocycles. The van der Waals surface area contributed by atoms with Crippen LogP contribution in [0, 0.1) is 11.2 Å². The van der Waals surface area contributed by atoms with Crippen molar-refractivity contribution in [3.63, 3.8) is 0 Å². The van der Waals surface area contributed by atoms with Gasteiger partial charge < -0.3 is 15.8 Å². The first-order valence-corrected chi connectivity index (χ1v) is 12.4. The van der Waals surface area contributed by atoms with Crippen molar-refractivity contribution in [2.45, 2.75) is 51.2 Å². The van der Waals surface area contributed by atoms with Crippen LogP contribution in [0.3, 0.4) is 0 Å². The van der Waals surface area contributed by atoms with Crippen molar-refractivity contribution in [1.82, 2.24) is 20.1 Å². The highest BCUT2D eigenvalue weighted by molar-refractivity contribution is 6.36. The highest BCUT2D eigenvalue weighted by Gasteiger charge is 2.44. The van der Waals surface area contributed by atoms with Crippen LogP contribution in [0.25, 0.3) is 11.1 Å². The van der Waals surface area contributed by atoms with Crippen molar-refractivity contribution in [2.75, 3.05) is 18.8 Å². The van der Waals surface area contributed by atoms with Gasteiger partial charge in [0, 0.05) is 46.1 Å². The van der Waals surface area contributed by atoms with Gasteiger partial charge in [0.2, 0.25) is 0 Å². The molecule has 2 fully saturated rings. The van der Waals surface area contributed by atoms with Crippen LogP contribution in [-0.4, -0.2) is 27.9 Å². The van der Waals surface area contributed by atoms with Gasteiger partial charge >= 0.3 is 0 Å². The number of anilines is 1. The number of nitrogens with two attached hydrogens (primary N) is 1. The summed E-state index contributed by atoms with van der Waals surface area (Å²) >= 11 is 12.4. The second-order valence-corrected chi connectivity index (χ2v) is 10.2. The average Bonchev–Trinajstić information content (AvgIpc) is 3.49. The molecule has 3 aromatic rings. The van der Waals surface area contributed by atoms with Crippen molar-refractivity contribution in [2.24, 2.45) is 5.41 Å². The molecule has 1 spiro atoms. The minimum absolute atomic E-state index is 0.0632. The molecule has 6 nitrogen and oxygen atoms in total. The lowest BCUT2D eigenvalue weighted by atomic mass is 9.75. The zero-order valence-electron chi connectivity index (χ0n) is 19.0. The summed E-state index contributed by atoms with van der Waals surface area (Å²) in [5.74, 6) is 0.0555. The predicted octanol–water partition coefficient (Wildman–Crippen LogP) is 6.21. The zero-order valence-corrected chi connectivity index (χ0v) is 20.5. The number of hydrogen-bond donors (Lipinski definition) is 2. The topological polar surface area (TPSA) is 78.0 Å². The average molecular weight is 504 g/mol. The van der Waals surface area contributed by atoms with Crippen molar-refractivity contribution in [1.29, 1.82) is 0 Å². The Labute approximate surface area is 208 Å². The van der Waals surface area contributed by atoms with Crippen LogP contribution in [0.1, 0.15) is 56.7 Å². The summed E-state index contributed by atoms with van der Waals surface area (Å²) in [4.78, 5) is 4.32. The first-order chi connectivity index (χ1) is 16.4. The molecule has 0 bridgehead atoms. The Bertz CT molecular complexity index is 1190. The molecule has 0 amide bonds. The maximum absolute atomic E-state index is 14.0. The quantitative estimate of drug-likeness (QED) is 0.404. The van der Waals surface area contributed by atoms with Crippen LogP contribution >= 0.6 is 23.2 Å². The minimum atomic E-state index is -0.630. The molecule has 2 atom stereocenters. The molecule has 5 rings (SSSR count). The van der Waals surface area contributed by atoms with E-state index in [1.807, 2.05) is 12.3 Å². The van der Waals surface area contributed by atoms with E-state index in [0.717, 1.165) is 30.6 Å². The SMILES string of the molecule is C[C@@H](Oc1cc(-c2cnn(C3CCNCC34CCCC4)c2)cnc1N)c1c(Cl)ccc(F)c1Cl. The van der Waals surface area contributed by atoms with E-state index >= 15 is 0 Å². The molecule has 9 heteroatoms. The Balaban J connectivity index is 1.41. The standard InChI is InChI=1S/C25H28Cl2FN5O/c1-15(22-18(26)4-5-19(28)23(22)27)34-20-10-16(11-31-24(20)29)17-12-32-33(13-17)21-6-9-30-14-25(21)7-2-3-8-25/h4-5,10-13,15,21,30H,2-3,6-9,14H2,1H3,(H2,29,31)/t15-,21?/m1/s1. The molecular weight excluding hydrogens is 476 g/mol. The van der Waals surface area contributed by atoms with Crippen LogP contribution in [-0.2, 0) is 0 Å². The summed E-state index contributed by atoms with van der Waals surface area (Å²) in [6, 6.07) is 4.91. The third-order valence-electron chi connectivity index (χ3n) is 7.30. The predicted molar refractivity (Wildman–Crippen MR) is 133 cm³/mol. The Morgan fingerprint density at radius 1 is 1.24 bits per heavy atom. The van der Waals surface area contributed by atoms with Gasteiger partial charge in [0.05, 0.1) is 17.3 Å². The molecule has 3 N–H and O–H groups in total. The number of ether oxygens (including phenoxy) is 1. The van der Waals surface area contributed by atoms with Crippen LogP contribution in [0.4, 0.5) is 10.2 Å². The van der Waals surface area contributed by atoms with Crippen LogP contribution < -0.4 is 15.8 Å². The van der Waals surface area contributed by atoms with Crippen LogP contribution in [0.2, 0.25) is 10.0 Å². The van der Waals surface area contributed by atoms with Gasteiger partial charge in [0.15, 0.2) is 11.6 Å². The summed E-state index contributed by atoms with van der Waals surface area (Å²) in [7, 11) is 0. The summed E-state index contributed by atoms with van der Waals surface area (Å²) < 4.78 is 22.2. The van der Waals surface area contributed by atoms with Crippen molar-refractivity contribution in [3.8, 4) is 16.9 Å². The number of piperidine rings is 1. The number of hydrogen-bond acceptors (Lipinski definition) is 5. The fraction of sp³-hybridized carbons (Fsp3) is 0.440. The van der Waals surface area contributed by atoms with Gasteiger partial charge in [-0.05, 0) is 50.9 Å². The molecule has 34 heavy (non-hydrogen) atoms. The Kier molecular flexibility index (Phi) is 6.44. The summed E-state index contributed by atoms with van der Waals surface area (Å²) in [6.07, 6.45) is 11.2. The molecule has 1 aliphatic heterocycles. The number of rotatable bonds is 5. The molecule has 3 heterocycles. The molecular formula is C25H28Cl2FN5O. The van der Waals surface area contributed by atoms with Crippen LogP contribution in [0.15, 0.2) is 36.8 Å². The zero-order chi connectivity index (χ0) is 23.9. The molecule has 180 valence electrons. The number of nitrogen functional groups attached to an aromatic ring is 1. The van der Waals surface area contributed by atoms with Gasteiger partial charge in [-0.15, -0.1) is 0 Å². The third kappa shape index (κ3) is 4.25. The number of halogens is 3. The molecule has 1 aliphatic carbocycles. The van der Waals surface area contributed by atoms with Crippen LogP contribution in [0.5, 0.6) is 5.75 Å². The summed E-state index contributed by atoms with van der Waals surface area (Å²) in [6.45, 7) is 3.80. The van der Waals surface area contributed by atoms with Gasteiger partial charge in [0.25, 0.3) is 0 Å². The van der Waals surface area contributed by atoms with Gasteiger partial charge in [0.1, 0.15) is 11.9 Å². The van der Waals surface area contributed by atoms with E-state index in [4.69, 9.17) is 38.8 Å². The second kappa shape index (κ2) is 9.36. The van der Waals surface area contributed by atoms with Gasteiger partial charge in [-0.1, -0.05) is 36.0 Å². The second-order valence-electron chi connectivity index (χ2n) is 9.38. The summed E-state index contributed by atoms with van der Waals surface area (Å²) in [5.41, 5.74) is 8.54. The van der Waals surface area contributed by atoms with E-state index in [-0.39, 0.29) is 16.3 Å². The number of pyridine rings is 1. The lowest BCUT2D eigenvalue weighted by Gasteiger charge is -2.42. The Hall–Kier alpha value is -2.35. The normalized spacial score (nSPS) is 20.5. The van der Waals surface area contributed by atoms with Gasteiger partial charge in [-0.2, -0.15) is 5.10 Å². The monoisotopic (exact) mass is 503 g/mol. The van der Waals surface area contributed by atoms with E-state index in [0.29, 0.717) is 22.4 Å². The smallest absolute Gasteiger partial charge is 0.166 e. The number of benzene rings is 1. The van der Waals surface area contributed by atoms with Gasteiger partial charge in [-0.25, -0.2) is 9.37 Å². The lowest BCUT2D eigenvalue weighted by Crippen LogP contribution is -2.46. The lowest BCUT2D eigenvalue weighted by molar-refractivity contribution is 0.115. The van der Waals surface area contributed by atoms with E-state index in [9.17, 15) is 4.39 Å². The van der Waals surface area contributed by atoms with Gasteiger partial charge in [-0.3, -0.25) is 4.68 Å². The Morgan fingerprint density at radius 2 is 2.03 bits per heavy atom. The van der Waals surface area contributed by atoms with E-state index in [2.05, 4.69) is 21.2 Å². The highest BCUT2D eigenvalue weighted by Crippen LogP contribution is 2.49. The molecule has 2 aliphatic rings. The maximum atomic E-state index is 14.0. The third-order valence-corrected chi connectivity index (χ3v) is 8.02. The molecule has 1 unspecified atom stereocenters.